The average Bonchev–Trinajstić information content (AvgIpc) is 3.18. The van der Waals surface area contributed by atoms with Gasteiger partial charge in [-0.15, -0.1) is 0 Å². The standard InChI is InChI=1S/C19H27BN2O4/c1-18(2)19(3,4)26-20(25-18)15-5-7-16(8-6-15)21-9-13-11-22(17(23)24)12-14(13)10-21/h5-8,13-14H,9-12H2,1-4H3,(H,23,24)/t13-,14+. The molecule has 0 saturated carbocycles. The number of carbonyl (C=O) groups is 1. The first-order valence-electron chi connectivity index (χ1n) is 9.35. The van der Waals surface area contributed by atoms with Crippen LogP contribution >= 0.6 is 0 Å². The minimum Gasteiger partial charge on any atom is -0.465 e. The molecule has 0 radical (unpaired) electrons. The Morgan fingerprint density at radius 3 is 1.96 bits per heavy atom. The van der Waals surface area contributed by atoms with Gasteiger partial charge in [-0.1, -0.05) is 12.1 Å². The lowest BCUT2D eigenvalue weighted by molar-refractivity contribution is 0.00578. The highest BCUT2D eigenvalue weighted by atomic mass is 16.7. The van der Waals surface area contributed by atoms with Crippen LogP contribution in [-0.2, 0) is 9.31 Å². The average molecular weight is 358 g/mol. The Morgan fingerprint density at radius 1 is 1.00 bits per heavy atom. The summed E-state index contributed by atoms with van der Waals surface area (Å²) in [6.07, 6.45) is -0.794. The van der Waals surface area contributed by atoms with E-state index in [-0.39, 0.29) is 18.3 Å². The molecule has 1 aromatic rings. The summed E-state index contributed by atoms with van der Waals surface area (Å²) in [7, 11) is -0.337. The van der Waals surface area contributed by atoms with Crippen molar-refractivity contribution in [2.24, 2.45) is 11.8 Å². The summed E-state index contributed by atoms with van der Waals surface area (Å²) >= 11 is 0. The van der Waals surface area contributed by atoms with Crippen molar-refractivity contribution in [1.82, 2.24) is 4.90 Å². The fourth-order valence-corrected chi connectivity index (χ4v) is 4.18. The van der Waals surface area contributed by atoms with Crippen molar-refractivity contribution in [3.63, 3.8) is 0 Å². The van der Waals surface area contributed by atoms with Crippen LogP contribution in [0.15, 0.2) is 24.3 Å². The maximum atomic E-state index is 11.1. The highest BCUT2D eigenvalue weighted by molar-refractivity contribution is 6.62. The predicted molar refractivity (Wildman–Crippen MR) is 101 cm³/mol. The van der Waals surface area contributed by atoms with E-state index in [1.165, 1.54) is 5.69 Å². The zero-order valence-electron chi connectivity index (χ0n) is 15.9. The number of hydrogen-bond donors (Lipinski definition) is 1. The topological polar surface area (TPSA) is 62.2 Å². The molecule has 7 heteroatoms. The lowest BCUT2D eigenvalue weighted by atomic mass is 9.79. The Morgan fingerprint density at radius 2 is 1.50 bits per heavy atom. The summed E-state index contributed by atoms with van der Waals surface area (Å²) in [4.78, 5) is 15.0. The molecule has 6 nitrogen and oxygen atoms in total. The second-order valence-corrected chi connectivity index (χ2v) is 8.79. The van der Waals surface area contributed by atoms with E-state index in [9.17, 15) is 4.79 Å². The second kappa shape index (κ2) is 5.89. The van der Waals surface area contributed by atoms with Crippen LogP contribution in [0.2, 0.25) is 0 Å². The molecule has 0 aliphatic carbocycles. The van der Waals surface area contributed by atoms with Crippen molar-refractivity contribution in [2.75, 3.05) is 31.1 Å². The van der Waals surface area contributed by atoms with Crippen LogP contribution in [0, 0.1) is 11.8 Å². The van der Waals surface area contributed by atoms with Crippen LogP contribution in [0.5, 0.6) is 0 Å². The molecule has 0 unspecified atom stereocenters. The highest BCUT2D eigenvalue weighted by Crippen LogP contribution is 2.37. The number of amides is 1. The molecule has 3 heterocycles. The Balaban J connectivity index is 1.42. The smallest absolute Gasteiger partial charge is 0.465 e. The zero-order valence-corrected chi connectivity index (χ0v) is 15.9. The number of likely N-dealkylation sites (tertiary alicyclic amines) is 1. The minimum absolute atomic E-state index is 0.335. The first-order chi connectivity index (χ1) is 12.2. The minimum atomic E-state index is -0.794. The molecule has 1 N–H and O–H groups in total. The van der Waals surface area contributed by atoms with Crippen LogP contribution in [0.3, 0.4) is 0 Å². The van der Waals surface area contributed by atoms with Crippen molar-refractivity contribution in [3.8, 4) is 0 Å². The number of nitrogens with zero attached hydrogens (tertiary/aromatic N) is 2. The van der Waals surface area contributed by atoms with Crippen LogP contribution < -0.4 is 10.4 Å². The summed E-state index contributed by atoms with van der Waals surface area (Å²) in [5.74, 6) is 0.878. The predicted octanol–water partition coefficient (Wildman–Crippen LogP) is 2.03. The number of anilines is 1. The molecular weight excluding hydrogens is 331 g/mol. The van der Waals surface area contributed by atoms with Crippen LogP contribution in [0.25, 0.3) is 0 Å². The van der Waals surface area contributed by atoms with E-state index in [4.69, 9.17) is 14.4 Å². The van der Waals surface area contributed by atoms with Gasteiger partial charge in [0, 0.05) is 43.7 Å². The SMILES string of the molecule is CC1(C)OB(c2ccc(N3C[C@H]4CN(C(=O)O)C[C@H]4C3)cc2)OC1(C)C. The quantitative estimate of drug-likeness (QED) is 0.820. The summed E-state index contributed by atoms with van der Waals surface area (Å²) < 4.78 is 12.2. The number of hydrogen-bond acceptors (Lipinski definition) is 4. The van der Waals surface area contributed by atoms with Gasteiger partial charge in [0.15, 0.2) is 0 Å². The molecule has 0 aromatic heterocycles. The van der Waals surface area contributed by atoms with Gasteiger partial charge in [-0.05, 0) is 45.3 Å². The van der Waals surface area contributed by atoms with Crippen LogP contribution in [0.1, 0.15) is 27.7 Å². The molecule has 26 heavy (non-hydrogen) atoms. The van der Waals surface area contributed by atoms with E-state index >= 15 is 0 Å². The van der Waals surface area contributed by atoms with Crippen molar-refractivity contribution in [3.05, 3.63) is 24.3 Å². The van der Waals surface area contributed by atoms with E-state index < -0.39 is 6.09 Å². The molecule has 140 valence electrons. The first-order valence-corrected chi connectivity index (χ1v) is 9.35. The highest BCUT2D eigenvalue weighted by Gasteiger charge is 2.51. The third-order valence-corrected chi connectivity index (χ3v) is 6.54. The van der Waals surface area contributed by atoms with Crippen LogP contribution in [0.4, 0.5) is 10.5 Å². The Labute approximate surface area is 155 Å². The second-order valence-electron chi connectivity index (χ2n) is 8.79. The van der Waals surface area contributed by atoms with Crippen molar-refractivity contribution in [1.29, 1.82) is 0 Å². The molecule has 1 aromatic carbocycles. The van der Waals surface area contributed by atoms with Gasteiger partial charge < -0.3 is 24.2 Å². The fraction of sp³-hybridized carbons (Fsp3) is 0.632. The first kappa shape index (κ1) is 17.7. The maximum Gasteiger partial charge on any atom is 0.494 e. The van der Waals surface area contributed by atoms with Gasteiger partial charge in [-0.3, -0.25) is 0 Å². The third kappa shape index (κ3) is 2.87. The molecule has 2 atom stereocenters. The van der Waals surface area contributed by atoms with E-state index in [2.05, 4.69) is 56.9 Å². The lowest BCUT2D eigenvalue weighted by Crippen LogP contribution is -2.41. The van der Waals surface area contributed by atoms with Gasteiger partial charge in [0.1, 0.15) is 0 Å². The maximum absolute atomic E-state index is 11.1. The summed E-state index contributed by atoms with van der Waals surface area (Å²) in [6.45, 7) is 11.4. The Bertz CT molecular complexity index is 676. The molecule has 3 fully saturated rings. The normalized spacial score (nSPS) is 29.3. The largest absolute Gasteiger partial charge is 0.494 e. The summed E-state index contributed by atoms with van der Waals surface area (Å²) in [6, 6.07) is 8.40. The van der Waals surface area contributed by atoms with Gasteiger partial charge in [-0.25, -0.2) is 4.79 Å². The van der Waals surface area contributed by atoms with Crippen LogP contribution in [-0.4, -0.2) is 60.6 Å². The lowest BCUT2D eigenvalue weighted by Gasteiger charge is -2.32. The zero-order chi connectivity index (χ0) is 18.7. The molecular formula is C19H27BN2O4. The number of rotatable bonds is 2. The molecule has 3 aliphatic heterocycles. The van der Waals surface area contributed by atoms with E-state index in [1.54, 1.807) is 4.90 Å². The van der Waals surface area contributed by atoms with Gasteiger partial charge in [0.25, 0.3) is 0 Å². The third-order valence-electron chi connectivity index (χ3n) is 6.54. The molecule has 1 amide bonds. The molecule has 3 aliphatic rings. The van der Waals surface area contributed by atoms with E-state index in [0.717, 1.165) is 18.6 Å². The van der Waals surface area contributed by atoms with Gasteiger partial charge in [0.2, 0.25) is 0 Å². The molecule has 3 saturated heterocycles. The number of carboxylic acid groups (broad SMARTS) is 1. The Kier molecular flexibility index (Phi) is 4.01. The van der Waals surface area contributed by atoms with Gasteiger partial charge >= 0.3 is 13.2 Å². The van der Waals surface area contributed by atoms with Gasteiger partial charge in [-0.2, -0.15) is 0 Å². The summed E-state index contributed by atoms with van der Waals surface area (Å²) in [5.41, 5.74) is 1.54. The molecule has 4 rings (SSSR count). The van der Waals surface area contributed by atoms with Crippen molar-refractivity contribution < 1.29 is 19.2 Å². The van der Waals surface area contributed by atoms with E-state index in [1.807, 2.05) is 0 Å². The van der Waals surface area contributed by atoms with E-state index in [0.29, 0.717) is 24.9 Å². The number of fused-ring (bicyclic) bond motifs is 1. The molecule has 0 spiro atoms. The van der Waals surface area contributed by atoms with Gasteiger partial charge in [0.05, 0.1) is 11.2 Å². The fourth-order valence-electron chi connectivity index (χ4n) is 4.18. The Hall–Kier alpha value is -1.73. The summed E-state index contributed by atoms with van der Waals surface area (Å²) in [5, 5.41) is 9.15. The number of benzene rings is 1. The monoisotopic (exact) mass is 358 g/mol. The molecule has 0 bridgehead atoms. The van der Waals surface area contributed by atoms with Crippen molar-refractivity contribution >= 4 is 24.4 Å². The van der Waals surface area contributed by atoms with Crippen molar-refractivity contribution in [2.45, 2.75) is 38.9 Å².